The van der Waals surface area contributed by atoms with Gasteiger partial charge >= 0.3 is 0 Å². The molecule has 0 saturated heterocycles. The zero-order valence-electron chi connectivity index (χ0n) is 12.9. The molecule has 0 bridgehead atoms. The summed E-state index contributed by atoms with van der Waals surface area (Å²) in [5, 5.41) is 11.8. The first-order valence-corrected chi connectivity index (χ1v) is 8.93. The maximum atomic E-state index is 12.3. The lowest BCUT2D eigenvalue weighted by atomic mass is 9.88. The zero-order valence-corrected chi connectivity index (χ0v) is 13.7. The lowest BCUT2D eigenvalue weighted by Gasteiger charge is -2.24. The van der Waals surface area contributed by atoms with E-state index in [2.05, 4.69) is 11.4 Å². The predicted molar refractivity (Wildman–Crippen MR) is 87.6 cm³/mol. The van der Waals surface area contributed by atoms with E-state index in [1.807, 2.05) is 30.5 Å². The van der Waals surface area contributed by atoms with Gasteiger partial charge in [0.25, 0.3) is 0 Å². The molecular weight excluding hydrogens is 296 g/mol. The summed E-state index contributed by atoms with van der Waals surface area (Å²) in [5.74, 6) is 0.750. The van der Waals surface area contributed by atoms with Gasteiger partial charge in [0.1, 0.15) is 5.75 Å². The van der Waals surface area contributed by atoms with Gasteiger partial charge in [0, 0.05) is 10.8 Å². The summed E-state index contributed by atoms with van der Waals surface area (Å²) in [6.07, 6.45) is 6.88. The molecule has 1 aliphatic rings. The van der Waals surface area contributed by atoms with Crippen molar-refractivity contribution in [2.24, 2.45) is 5.92 Å². The summed E-state index contributed by atoms with van der Waals surface area (Å²) < 4.78 is 5.75. The molecule has 22 heavy (non-hydrogen) atoms. The van der Waals surface area contributed by atoms with Gasteiger partial charge in [-0.3, -0.25) is 4.79 Å². The Morgan fingerprint density at radius 3 is 2.64 bits per heavy atom. The number of carbonyl (C=O) groups excluding carboxylic acids is 1. The van der Waals surface area contributed by atoms with Crippen LogP contribution in [0.3, 0.4) is 0 Å². The van der Waals surface area contributed by atoms with Crippen LogP contribution in [0.5, 0.6) is 5.75 Å². The van der Waals surface area contributed by atoms with Crippen molar-refractivity contribution in [3.63, 3.8) is 0 Å². The van der Waals surface area contributed by atoms with Crippen molar-refractivity contribution in [2.45, 2.75) is 49.6 Å². The highest BCUT2D eigenvalue weighted by Crippen LogP contribution is 2.24. The number of ether oxygens (including phenoxy) is 1. The first-order chi connectivity index (χ1) is 10.7. The number of nitriles is 1. The van der Waals surface area contributed by atoms with Gasteiger partial charge in [-0.1, -0.05) is 19.3 Å². The van der Waals surface area contributed by atoms with E-state index in [1.165, 1.54) is 6.42 Å². The van der Waals surface area contributed by atoms with Crippen LogP contribution < -0.4 is 10.1 Å². The second-order valence-electron chi connectivity index (χ2n) is 5.49. The van der Waals surface area contributed by atoms with Crippen LogP contribution in [0.4, 0.5) is 0 Å². The van der Waals surface area contributed by atoms with Gasteiger partial charge in [-0.2, -0.15) is 5.26 Å². The lowest BCUT2D eigenvalue weighted by Crippen LogP contribution is -2.42. The summed E-state index contributed by atoms with van der Waals surface area (Å²) >= 11 is 1.66. The van der Waals surface area contributed by atoms with Crippen molar-refractivity contribution in [2.75, 3.05) is 6.26 Å². The van der Waals surface area contributed by atoms with Gasteiger partial charge in [0.05, 0.1) is 12.5 Å². The molecule has 0 aliphatic heterocycles. The third-order valence-electron chi connectivity index (χ3n) is 3.89. The Hall–Kier alpha value is -1.67. The molecule has 1 aliphatic carbocycles. The molecular formula is C17H22N2O2S. The standard InChI is InChI=1S/C17H22N2O2S/c1-22-15-9-7-14(8-10-15)21-16(11-12-18)19-17(20)13-5-3-2-4-6-13/h7-10,13,16H,2-6,11H2,1H3,(H,19,20). The van der Waals surface area contributed by atoms with Crippen LogP contribution in [0.2, 0.25) is 0 Å². The van der Waals surface area contributed by atoms with Crippen LogP contribution in [0.15, 0.2) is 29.2 Å². The van der Waals surface area contributed by atoms with Crippen molar-refractivity contribution in [1.82, 2.24) is 5.32 Å². The SMILES string of the molecule is CSc1ccc(OC(CC#N)NC(=O)C2CCCCC2)cc1. The minimum atomic E-state index is -0.584. The quantitative estimate of drug-likeness (QED) is 0.641. The summed E-state index contributed by atoms with van der Waals surface area (Å²) in [5.41, 5.74) is 0. The van der Waals surface area contributed by atoms with Crippen molar-refractivity contribution in [3.05, 3.63) is 24.3 Å². The fourth-order valence-corrected chi connectivity index (χ4v) is 3.07. The summed E-state index contributed by atoms with van der Waals surface area (Å²) in [7, 11) is 0. The molecule has 118 valence electrons. The van der Waals surface area contributed by atoms with Gasteiger partial charge in [-0.15, -0.1) is 11.8 Å². The molecule has 1 amide bonds. The lowest BCUT2D eigenvalue weighted by molar-refractivity contribution is -0.128. The van der Waals surface area contributed by atoms with Crippen molar-refractivity contribution in [1.29, 1.82) is 5.26 Å². The van der Waals surface area contributed by atoms with E-state index >= 15 is 0 Å². The number of nitrogens with one attached hydrogen (secondary N) is 1. The van der Waals surface area contributed by atoms with Gasteiger partial charge < -0.3 is 10.1 Å². The Bertz CT molecular complexity index is 518. The van der Waals surface area contributed by atoms with E-state index in [0.717, 1.165) is 30.6 Å². The number of hydrogen-bond donors (Lipinski definition) is 1. The third kappa shape index (κ3) is 4.96. The maximum absolute atomic E-state index is 12.3. The molecule has 0 heterocycles. The highest BCUT2D eigenvalue weighted by atomic mass is 32.2. The van der Waals surface area contributed by atoms with Crippen molar-refractivity contribution >= 4 is 17.7 Å². The van der Waals surface area contributed by atoms with Crippen LogP contribution in [0.1, 0.15) is 38.5 Å². The van der Waals surface area contributed by atoms with Gasteiger partial charge in [0.15, 0.2) is 6.23 Å². The minimum Gasteiger partial charge on any atom is -0.470 e. The largest absolute Gasteiger partial charge is 0.470 e. The number of carbonyl (C=O) groups is 1. The molecule has 5 heteroatoms. The molecule has 1 aromatic carbocycles. The minimum absolute atomic E-state index is 0.0145. The molecule has 4 nitrogen and oxygen atoms in total. The van der Waals surface area contributed by atoms with E-state index in [-0.39, 0.29) is 18.2 Å². The molecule has 1 unspecified atom stereocenters. The Kier molecular flexibility index (Phi) is 6.60. The Morgan fingerprint density at radius 1 is 1.36 bits per heavy atom. The molecule has 2 rings (SSSR count). The fourth-order valence-electron chi connectivity index (χ4n) is 2.66. The molecule has 0 radical (unpaired) electrons. The number of benzene rings is 1. The Balaban J connectivity index is 1.93. The second-order valence-corrected chi connectivity index (χ2v) is 6.37. The molecule has 1 fully saturated rings. The Morgan fingerprint density at radius 2 is 2.05 bits per heavy atom. The van der Waals surface area contributed by atoms with Gasteiger partial charge in [-0.25, -0.2) is 0 Å². The van der Waals surface area contributed by atoms with Gasteiger partial charge in [0.2, 0.25) is 5.91 Å². The predicted octanol–water partition coefficient (Wildman–Crippen LogP) is 3.72. The normalized spacial score (nSPS) is 16.5. The van der Waals surface area contributed by atoms with E-state index in [4.69, 9.17) is 10.00 Å². The molecule has 0 spiro atoms. The summed E-state index contributed by atoms with van der Waals surface area (Å²) in [6.45, 7) is 0. The fraction of sp³-hybridized carbons (Fsp3) is 0.529. The molecule has 1 N–H and O–H groups in total. The molecule has 1 atom stereocenters. The highest BCUT2D eigenvalue weighted by molar-refractivity contribution is 7.98. The number of nitrogens with zero attached hydrogens (tertiary/aromatic N) is 1. The average molecular weight is 318 g/mol. The van der Waals surface area contributed by atoms with E-state index < -0.39 is 6.23 Å². The first kappa shape index (κ1) is 16.7. The summed E-state index contributed by atoms with van der Waals surface area (Å²) in [6, 6.07) is 9.73. The monoisotopic (exact) mass is 318 g/mol. The van der Waals surface area contributed by atoms with Crippen LogP contribution in [-0.4, -0.2) is 18.4 Å². The topological polar surface area (TPSA) is 62.1 Å². The van der Waals surface area contributed by atoms with Crippen LogP contribution in [-0.2, 0) is 4.79 Å². The smallest absolute Gasteiger partial charge is 0.225 e. The molecule has 1 aromatic rings. The highest BCUT2D eigenvalue weighted by Gasteiger charge is 2.24. The van der Waals surface area contributed by atoms with Crippen LogP contribution in [0.25, 0.3) is 0 Å². The zero-order chi connectivity index (χ0) is 15.8. The van der Waals surface area contributed by atoms with E-state index in [1.54, 1.807) is 11.8 Å². The number of rotatable bonds is 6. The number of thioether (sulfide) groups is 1. The van der Waals surface area contributed by atoms with Crippen LogP contribution >= 0.6 is 11.8 Å². The second kappa shape index (κ2) is 8.70. The van der Waals surface area contributed by atoms with E-state index in [9.17, 15) is 4.79 Å². The van der Waals surface area contributed by atoms with Crippen molar-refractivity contribution in [3.8, 4) is 11.8 Å². The third-order valence-corrected chi connectivity index (χ3v) is 4.64. The van der Waals surface area contributed by atoms with Crippen LogP contribution in [0, 0.1) is 17.2 Å². The van der Waals surface area contributed by atoms with E-state index in [0.29, 0.717) is 5.75 Å². The first-order valence-electron chi connectivity index (χ1n) is 7.71. The Labute approximate surface area is 136 Å². The molecule has 1 saturated carbocycles. The number of hydrogen-bond acceptors (Lipinski definition) is 4. The molecule has 0 aromatic heterocycles. The summed E-state index contributed by atoms with van der Waals surface area (Å²) in [4.78, 5) is 13.4. The average Bonchev–Trinajstić information content (AvgIpc) is 2.56. The number of amides is 1. The maximum Gasteiger partial charge on any atom is 0.225 e. The van der Waals surface area contributed by atoms with Gasteiger partial charge in [-0.05, 0) is 43.4 Å². The van der Waals surface area contributed by atoms with Crippen molar-refractivity contribution < 1.29 is 9.53 Å².